The summed E-state index contributed by atoms with van der Waals surface area (Å²) in [7, 11) is 0. The van der Waals surface area contributed by atoms with Crippen molar-refractivity contribution in [1.82, 2.24) is 10.1 Å². The molecule has 0 atom stereocenters. The van der Waals surface area contributed by atoms with Gasteiger partial charge in [0, 0.05) is 5.41 Å². The summed E-state index contributed by atoms with van der Waals surface area (Å²) in [6.45, 7) is 5.77. The van der Waals surface area contributed by atoms with Crippen molar-refractivity contribution >= 4 is 0 Å². The van der Waals surface area contributed by atoms with Crippen LogP contribution in [0.15, 0.2) is 9.32 Å². The minimum absolute atomic E-state index is 0.195. The van der Waals surface area contributed by atoms with E-state index in [1.807, 2.05) is 20.8 Å². The first kappa shape index (κ1) is 7.05. The highest BCUT2D eigenvalue weighted by atomic mass is 16.5. The van der Waals surface area contributed by atoms with Gasteiger partial charge < -0.3 is 4.52 Å². The maximum Gasteiger partial charge on any atom is 0.377 e. The minimum atomic E-state index is -0.426. The number of rotatable bonds is 0. The SMILES string of the molecule is CC(C)(C)c1nc(=O)[nH]o1. The molecule has 1 aromatic rings. The van der Waals surface area contributed by atoms with Crippen molar-refractivity contribution in [2.75, 3.05) is 0 Å². The fourth-order valence-electron chi connectivity index (χ4n) is 0.551. The van der Waals surface area contributed by atoms with Gasteiger partial charge in [0.2, 0.25) is 5.89 Å². The fraction of sp³-hybridized carbons (Fsp3) is 0.667. The Hall–Kier alpha value is -1.06. The summed E-state index contributed by atoms with van der Waals surface area (Å²) in [5.41, 5.74) is -0.621. The highest BCUT2D eigenvalue weighted by Crippen LogP contribution is 2.16. The quantitative estimate of drug-likeness (QED) is 0.578. The first-order valence-corrected chi connectivity index (χ1v) is 3.06. The molecule has 0 saturated heterocycles. The van der Waals surface area contributed by atoms with Crippen molar-refractivity contribution in [3.8, 4) is 0 Å². The van der Waals surface area contributed by atoms with E-state index in [1.165, 1.54) is 0 Å². The highest BCUT2D eigenvalue weighted by Gasteiger charge is 2.19. The van der Waals surface area contributed by atoms with Gasteiger partial charge in [0.05, 0.1) is 0 Å². The average Bonchev–Trinajstić information content (AvgIpc) is 2.11. The molecule has 0 aliphatic rings. The molecule has 4 heteroatoms. The second-order valence-electron chi connectivity index (χ2n) is 3.18. The van der Waals surface area contributed by atoms with Crippen molar-refractivity contribution in [2.45, 2.75) is 26.2 Å². The van der Waals surface area contributed by atoms with Gasteiger partial charge in [-0.05, 0) is 0 Å². The van der Waals surface area contributed by atoms with E-state index in [0.29, 0.717) is 5.89 Å². The Morgan fingerprint density at radius 3 is 2.30 bits per heavy atom. The monoisotopic (exact) mass is 142 g/mol. The minimum Gasteiger partial charge on any atom is -0.361 e. The van der Waals surface area contributed by atoms with E-state index in [-0.39, 0.29) is 5.41 Å². The summed E-state index contributed by atoms with van der Waals surface area (Å²) >= 11 is 0. The van der Waals surface area contributed by atoms with Gasteiger partial charge in [0.15, 0.2) is 0 Å². The molecule has 1 N–H and O–H groups in total. The Morgan fingerprint density at radius 2 is 2.10 bits per heavy atom. The second kappa shape index (κ2) is 1.97. The summed E-state index contributed by atoms with van der Waals surface area (Å²) in [6, 6.07) is 0. The van der Waals surface area contributed by atoms with Gasteiger partial charge in [-0.25, -0.2) is 4.79 Å². The van der Waals surface area contributed by atoms with Crippen LogP contribution in [0.2, 0.25) is 0 Å². The van der Waals surface area contributed by atoms with Crippen LogP contribution in [0.4, 0.5) is 0 Å². The van der Waals surface area contributed by atoms with E-state index in [0.717, 1.165) is 0 Å². The third-order valence-corrected chi connectivity index (χ3v) is 1.08. The zero-order valence-corrected chi connectivity index (χ0v) is 6.26. The molecule has 0 bridgehead atoms. The maximum absolute atomic E-state index is 10.5. The van der Waals surface area contributed by atoms with Crippen LogP contribution in [0.3, 0.4) is 0 Å². The predicted molar refractivity (Wildman–Crippen MR) is 35.8 cm³/mol. The molecule has 10 heavy (non-hydrogen) atoms. The highest BCUT2D eigenvalue weighted by molar-refractivity contribution is 4.93. The predicted octanol–water partition coefficient (Wildman–Crippen LogP) is 0.660. The van der Waals surface area contributed by atoms with Crippen LogP contribution in [0.1, 0.15) is 26.7 Å². The molecule has 0 unspecified atom stereocenters. The number of H-pyrrole nitrogens is 1. The number of hydrogen-bond acceptors (Lipinski definition) is 3. The van der Waals surface area contributed by atoms with Crippen LogP contribution in [0.25, 0.3) is 0 Å². The van der Waals surface area contributed by atoms with E-state index in [2.05, 4.69) is 10.1 Å². The van der Waals surface area contributed by atoms with Gasteiger partial charge in [-0.1, -0.05) is 20.8 Å². The van der Waals surface area contributed by atoms with Crippen molar-refractivity contribution in [2.24, 2.45) is 0 Å². The Bertz CT molecular complexity index is 266. The van der Waals surface area contributed by atoms with Gasteiger partial charge in [-0.3, -0.25) is 0 Å². The number of aromatic amines is 1. The van der Waals surface area contributed by atoms with Crippen LogP contribution < -0.4 is 5.69 Å². The van der Waals surface area contributed by atoms with E-state index in [4.69, 9.17) is 4.52 Å². The normalized spacial score (nSPS) is 11.9. The lowest BCUT2D eigenvalue weighted by atomic mass is 9.97. The Morgan fingerprint density at radius 1 is 1.50 bits per heavy atom. The van der Waals surface area contributed by atoms with Crippen molar-refractivity contribution < 1.29 is 4.52 Å². The van der Waals surface area contributed by atoms with E-state index in [9.17, 15) is 4.79 Å². The molecule has 0 radical (unpaired) electrons. The summed E-state index contributed by atoms with van der Waals surface area (Å²) in [6.07, 6.45) is 0. The molecule has 0 saturated carbocycles. The van der Waals surface area contributed by atoms with E-state index >= 15 is 0 Å². The lowest BCUT2D eigenvalue weighted by molar-refractivity contribution is 0.318. The number of nitrogens with one attached hydrogen (secondary N) is 1. The van der Waals surface area contributed by atoms with Crippen LogP contribution in [-0.4, -0.2) is 10.1 Å². The molecule has 1 heterocycles. The third kappa shape index (κ3) is 1.26. The molecule has 1 rings (SSSR count). The summed E-state index contributed by atoms with van der Waals surface area (Å²) in [4.78, 5) is 14.1. The third-order valence-electron chi connectivity index (χ3n) is 1.08. The smallest absolute Gasteiger partial charge is 0.361 e. The Kier molecular flexibility index (Phi) is 1.39. The first-order chi connectivity index (χ1) is 4.50. The van der Waals surface area contributed by atoms with Crippen molar-refractivity contribution in [3.63, 3.8) is 0 Å². The average molecular weight is 142 g/mol. The van der Waals surface area contributed by atoms with Crippen molar-refractivity contribution in [1.29, 1.82) is 0 Å². The molecule has 4 nitrogen and oxygen atoms in total. The molecule has 0 aromatic carbocycles. The van der Waals surface area contributed by atoms with Crippen LogP contribution >= 0.6 is 0 Å². The lowest BCUT2D eigenvalue weighted by Crippen LogP contribution is -2.13. The van der Waals surface area contributed by atoms with Gasteiger partial charge in [0.1, 0.15) is 0 Å². The standard InChI is InChI=1S/C6H10N2O2/c1-6(2,3)4-7-5(9)8-10-4/h1-3H3,(H,8,9). The zero-order valence-electron chi connectivity index (χ0n) is 6.26. The van der Waals surface area contributed by atoms with E-state index in [1.54, 1.807) is 0 Å². The van der Waals surface area contributed by atoms with Crippen LogP contribution in [0, 0.1) is 0 Å². The molecule has 0 aliphatic carbocycles. The summed E-state index contributed by atoms with van der Waals surface area (Å²) in [5, 5.41) is 2.13. The number of hydrogen-bond donors (Lipinski definition) is 1. The van der Waals surface area contributed by atoms with Crippen LogP contribution in [-0.2, 0) is 5.41 Å². The molecular formula is C6H10N2O2. The molecule has 0 spiro atoms. The molecule has 1 aromatic heterocycles. The molecular weight excluding hydrogens is 132 g/mol. The Labute approximate surface area is 58.2 Å². The number of nitrogens with zero attached hydrogens (tertiary/aromatic N) is 1. The van der Waals surface area contributed by atoms with Crippen LogP contribution in [0.5, 0.6) is 0 Å². The van der Waals surface area contributed by atoms with Gasteiger partial charge >= 0.3 is 5.69 Å². The summed E-state index contributed by atoms with van der Waals surface area (Å²) < 4.78 is 4.78. The Balaban J connectivity index is 3.07. The van der Waals surface area contributed by atoms with E-state index < -0.39 is 5.69 Å². The van der Waals surface area contributed by atoms with Crippen molar-refractivity contribution in [3.05, 3.63) is 16.4 Å². The van der Waals surface area contributed by atoms with Gasteiger partial charge in [-0.2, -0.15) is 10.1 Å². The van der Waals surface area contributed by atoms with Gasteiger partial charge in [0.25, 0.3) is 0 Å². The molecule has 0 aliphatic heterocycles. The molecule has 56 valence electrons. The first-order valence-electron chi connectivity index (χ1n) is 3.06. The second-order valence-corrected chi connectivity index (χ2v) is 3.18. The number of aromatic nitrogens is 2. The topological polar surface area (TPSA) is 58.9 Å². The zero-order chi connectivity index (χ0) is 7.78. The summed E-state index contributed by atoms with van der Waals surface area (Å²) in [5.74, 6) is 0.442. The largest absolute Gasteiger partial charge is 0.377 e. The maximum atomic E-state index is 10.5. The molecule has 0 amide bonds. The lowest BCUT2D eigenvalue weighted by Gasteiger charge is -2.10. The van der Waals surface area contributed by atoms with Gasteiger partial charge in [-0.15, -0.1) is 0 Å². The fourth-order valence-corrected chi connectivity index (χ4v) is 0.551. The molecule has 0 fully saturated rings.